The van der Waals surface area contributed by atoms with E-state index in [2.05, 4.69) is 160 Å². The van der Waals surface area contributed by atoms with Crippen LogP contribution < -0.4 is 0 Å². The minimum absolute atomic E-state index is 0.176. The predicted molar refractivity (Wildman–Crippen MR) is 419 cm³/mol. The molecule has 0 aromatic rings. The molecule has 9 heteroatoms. The van der Waals surface area contributed by atoms with Crippen molar-refractivity contribution in [1.29, 1.82) is 0 Å². The lowest BCUT2D eigenvalue weighted by molar-refractivity contribution is -0.870. The molecule has 0 saturated carbocycles. The zero-order chi connectivity index (χ0) is 70.4. The molecule has 0 aliphatic rings. The molecule has 0 aliphatic heterocycles. The molecule has 2 atom stereocenters. The van der Waals surface area contributed by atoms with Crippen molar-refractivity contribution >= 4 is 17.9 Å². The minimum Gasteiger partial charge on any atom is -0.477 e. The van der Waals surface area contributed by atoms with Gasteiger partial charge >= 0.3 is 17.9 Å². The number of carboxylic acids is 1. The number of unbranched alkanes of at least 4 members (excludes halogenated alkanes) is 34. The van der Waals surface area contributed by atoms with Gasteiger partial charge in [0.15, 0.2) is 6.10 Å². The summed E-state index contributed by atoms with van der Waals surface area (Å²) >= 11 is 0. The first kappa shape index (κ1) is 92.2. The fraction of sp³-hybridized carbons (Fsp3) is 0.693. The van der Waals surface area contributed by atoms with E-state index >= 15 is 0 Å². The summed E-state index contributed by atoms with van der Waals surface area (Å²) in [5.74, 6) is -2.04. The summed E-state index contributed by atoms with van der Waals surface area (Å²) < 4.78 is 23.0. The lowest BCUT2D eigenvalue weighted by atomic mass is 10.0. The zero-order valence-corrected chi connectivity index (χ0v) is 63.4. The van der Waals surface area contributed by atoms with E-state index < -0.39 is 24.3 Å². The highest BCUT2D eigenvalue weighted by atomic mass is 16.7. The lowest BCUT2D eigenvalue weighted by Gasteiger charge is -2.25. The molecule has 0 amide bonds. The molecule has 0 saturated heterocycles. The van der Waals surface area contributed by atoms with Gasteiger partial charge in [-0.05, 0) is 122 Å². The van der Waals surface area contributed by atoms with Gasteiger partial charge in [0.1, 0.15) is 13.2 Å². The quantitative estimate of drug-likeness (QED) is 0.0211. The second-order valence-electron chi connectivity index (χ2n) is 27.6. The summed E-state index contributed by atoms with van der Waals surface area (Å²) in [7, 11) is 5.97. The standard InChI is InChI=1S/C88H149NO8/c1-6-8-10-12-14-16-18-20-22-24-26-28-30-32-34-36-38-40-42-43-45-46-48-50-52-54-56-58-60-62-64-66-68-70-72-74-76-78-85(90)95-82-84(83-96-88(87(92)93)94-81-80-89(3,4)5)97-86(91)79-77-75-73-71-69-67-65-63-61-59-57-55-53-51-49-47-44-41-39-37-35-33-31-29-27-25-23-21-19-17-15-13-11-9-7-2/h9,11,15,17-18,20-21,23-24,26-27,29,33,35,39,41,47,49,53,55,59,61,65,67,84,88H,6-8,10,12-14,16,19,22,25,28,30-32,34,36-38,40,42-46,48,50-52,54,56-58,60,62-64,66,68-83H2,1-5H3/p+1/b11-9-,17-15-,20-18-,23-21-,26-24-,29-27-,35-33-,41-39-,49-47-,55-53-,61-59-,67-65-. The van der Waals surface area contributed by atoms with Crippen molar-refractivity contribution in [2.75, 3.05) is 47.5 Å². The van der Waals surface area contributed by atoms with Crippen molar-refractivity contribution in [3.05, 3.63) is 146 Å². The van der Waals surface area contributed by atoms with Gasteiger partial charge in [-0.25, -0.2) is 4.79 Å². The first-order chi connectivity index (χ1) is 47.6. The molecule has 0 radical (unpaired) electrons. The SMILES string of the molecule is CC/C=C\C/C=C\C/C=C\C/C=C\C/C=C\C/C=C\C/C=C\C/C=C\C/C=C\C/C=C\CCCCCCC(=O)OC(COC(=O)CCCCCCCCCCCCCCCCCCCCCCCCCCC/C=C\C/C=C\CCCCCCC)COC(OCC[N+](C)(C)C)C(=O)O. The summed E-state index contributed by atoms with van der Waals surface area (Å²) in [5, 5.41) is 9.77. The molecule has 0 fully saturated rings. The van der Waals surface area contributed by atoms with Crippen LogP contribution in [0.2, 0.25) is 0 Å². The maximum Gasteiger partial charge on any atom is 0.361 e. The van der Waals surface area contributed by atoms with Crippen LogP contribution in [0.25, 0.3) is 0 Å². The number of esters is 2. The second kappa shape index (κ2) is 76.9. The van der Waals surface area contributed by atoms with Crippen molar-refractivity contribution in [3.63, 3.8) is 0 Å². The summed E-state index contributed by atoms with van der Waals surface area (Å²) in [6.45, 7) is 4.74. The van der Waals surface area contributed by atoms with Crippen LogP contribution in [0.15, 0.2) is 146 Å². The van der Waals surface area contributed by atoms with E-state index in [1.165, 1.54) is 186 Å². The molecule has 0 spiro atoms. The molecule has 2 unspecified atom stereocenters. The number of nitrogens with zero attached hydrogens (tertiary/aromatic N) is 1. The number of carbonyl (C=O) groups excluding carboxylic acids is 2. The Labute approximate surface area is 598 Å². The highest BCUT2D eigenvalue weighted by Crippen LogP contribution is 2.18. The molecular weight excluding hydrogens is 1200 g/mol. The van der Waals surface area contributed by atoms with Crippen molar-refractivity contribution in [2.45, 2.75) is 347 Å². The van der Waals surface area contributed by atoms with Crippen LogP contribution >= 0.6 is 0 Å². The van der Waals surface area contributed by atoms with E-state index in [0.29, 0.717) is 23.9 Å². The molecular formula is C88H150NO8+. The average Bonchev–Trinajstić information content (AvgIpc) is 3.74. The van der Waals surface area contributed by atoms with Gasteiger partial charge in [0.2, 0.25) is 0 Å². The normalized spacial score (nSPS) is 13.5. The van der Waals surface area contributed by atoms with Crippen LogP contribution in [0.3, 0.4) is 0 Å². The Morgan fingerprint density at radius 1 is 0.320 bits per heavy atom. The number of ether oxygens (including phenoxy) is 4. The van der Waals surface area contributed by atoms with Crippen LogP contribution in [0.4, 0.5) is 0 Å². The predicted octanol–water partition coefficient (Wildman–Crippen LogP) is 25.8. The molecule has 0 rings (SSSR count). The van der Waals surface area contributed by atoms with Crippen molar-refractivity contribution in [3.8, 4) is 0 Å². The van der Waals surface area contributed by atoms with Gasteiger partial charge in [0.25, 0.3) is 6.29 Å². The first-order valence-corrected chi connectivity index (χ1v) is 40.0. The fourth-order valence-corrected chi connectivity index (χ4v) is 11.0. The number of rotatable bonds is 73. The lowest BCUT2D eigenvalue weighted by Crippen LogP contribution is -2.40. The number of carboxylic acid groups (broad SMARTS) is 1. The molecule has 0 bridgehead atoms. The Morgan fingerprint density at radius 3 is 0.876 bits per heavy atom. The average molecular weight is 1350 g/mol. The zero-order valence-electron chi connectivity index (χ0n) is 63.4. The molecule has 554 valence electrons. The number of allylic oxidation sites excluding steroid dienone is 24. The number of quaternary nitrogens is 1. The largest absolute Gasteiger partial charge is 0.477 e. The van der Waals surface area contributed by atoms with Gasteiger partial charge in [-0.1, -0.05) is 346 Å². The summed E-state index contributed by atoms with van der Waals surface area (Å²) in [6, 6.07) is 0. The number of carbonyl (C=O) groups is 3. The van der Waals surface area contributed by atoms with Gasteiger partial charge in [0.05, 0.1) is 34.4 Å². The maximum atomic E-state index is 13.0. The van der Waals surface area contributed by atoms with Gasteiger partial charge < -0.3 is 28.5 Å². The van der Waals surface area contributed by atoms with Gasteiger partial charge in [-0.15, -0.1) is 0 Å². The first-order valence-electron chi connectivity index (χ1n) is 40.0. The Balaban J connectivity index is 4.11. The van der Waals surface area contributed by atoms with Crippen LogP contribution in [0, 0.1) is 0 Å². The van der Waals surface area contributed by atoms with Crippen molar-refractivity contribution in [2.24, 2.45) is 0 Å². The number of hydrogen-bond acceptors (Lipinski definition) is 7. The Hall–Kier alpha value is -4.83. The number of likely N-dealkylation sites (N-methyl/N-ethyl adjacent to an activating group) is 1. The van der Waals surface area contributed by atoms with Crippen LogP contribution in [-0.2, 0) is 33.3 Å². The third-order valence-corrected chi connectivity index (χ3v) is 17.1. The van der Waals surface area contributed by atoms with Crippen molar-refractivity contribution in [1.82, 2.24) is 0 Å². The molecule has 0 aromatic heterocycles. The summed E-state index contributed by atoms with van der Waals surface area (Å²) in [5.41, 5.74) is 0. The van der Waals surface area contributed by atoms with E-state index in [0.717, 1.165) is 116 Å². The number of hydrogen-bond donors (Lipinski definition) is 1. The minimum atomic E-state index is -1.53. The number of aliphatic carboxylic acids is 1. The Bertz CT molecular complexity index is 2110. The van der Waals surface area contributed by atoms with E-state index in [-0.39, 0.29) is 32.2 Å². The third kappa shape index (κ3) is 78.4. The van der Waals surface area contributed by atoms with Crippen LogP contribution in [0.1, 0.15) is 335 Å². The molecule has 0 aliphatic carbocycles. The maximum absolute atomic E-state index is 13.0. The van der Waals surface area contributed by atoms with Gasteiger partial charge in [0, 0.05) is 12.8 Å². The van der Waals surface area contributed by atoms with E-state index in [1.807, 2.05) is 21.1 Å². The summed E-state index contributed by atoms with van der Waals surface area (Å²) in [4.78, 5) is 37.7. The van der Waals surface area contributed by atoms with E-state index in [9.17, 15) is 19.5 Å². The van der Waals surface area contributed by atoms with Gasteiger partial charge in [-0.2, -0.15) is 0 Å². The summed E-state index contributed by atoms with van der Waals surface area (Å²) in [6.07, 6.45) is 110. The van der Waals surface area contributed by atoms with Crippen LogP contribution in [0.5, 0.6) is 0 Å². The van der Waals surface area contributed by atoms with Crippen molar-refractivity contribution < 1.29 is 42.9 Å². The Kier molecular flexibility index (Phi) is 73.1. The topological polar surface area (TPSA) is 108 Å². The van der Waals surface area contributed by atoms with E-state index in [1.54, 1.807) is 0 Å². The smallest absolute Gasteiger partial charge is 0.361 e. The molecule has 0 heterocycles. The van der Waals surface area contributed by atoms with Crippen LogP contribution in [-0.4, -0.2) is 87.4 Å². The monoisotopic (exact) mass is 1350 g/mol. The van der Waals surface area contributed by atoms with Gasteiger partial charge in [-0.3, -0.25) is 9.59 Å². The molecule has 97 heavy (non-hydrogen) atoms. The molecule has 1 N–H and O–H groups in total. The third-order valence-electron chi connectivity index (χ3n) is 17.1. The second-order valence-corrected chi connectivity index (χ2v) is 27.6. The fourth-order valence-electron chi connectivity index (χ4n) is 11.0. The highest BCUT2D eigenvalue weighted by Gasteiger charge is 2.25. The molecule has 0 aromatic carbocycles. The van der Waals surface area contributed by atoms with E-state index in [4.69, 9.17) is 18.9 Å². The Morgan fingerprint density at radius 2 is 0.588 bits per heavy atom. The molecule has 9 nitrogen and oxygen atoms in total. The highest BCUT2D eigenvalue weighted by molar-refractivity contribution is 5.71.